The highest BCUT2D eigenvalue weighted by Crippen LogP contribution is 2.13. The van der Waals surface area contributed by atoms with E-state index in [1.807, 2.05) is 12.2 Å². The maximum absolute atomic E-state index is 11.9. The number of anilines is 1. The highest BCUT2D eigenvalue weighted by atomic mass is 35.5. The van der Waals surface area contributed by atoms with Gasteiger partial charge < -0.3 is 21.3 Å². The van der Waals surface area contributed by atoms with Gasteiger partial charge in [0.1, 0.15) is 5.82 Å². The predicted molar refractivity (Wildman–Crippen MR) is 146 cm³/mol. The molecule has 1 saturated heterocycles. The minimum atomic E-state index is -0.719. The van der Waals surface area contributed by atoms with Crippen molar-refractivity contribution in [3.8, 4) is 0 Å². The zero-order valence-corrected chi connectivity index (χ0v) is 22.3. The third kappa shape index (κ3) is 10.5. The average Bonchev–Trinajstić information content (AvgIpc) is 2.86. The Kier molecular flexibility index (Phi) is 12.6. The van der Waals surface area contributed by atoms with Crippen molar-refractivity contribution in [1.29, 1.82) is 0 Å². The molecule has 2 aliphatic heterocycles. The second-order valence-corrected chi connectivity index (χ2v) is 9.58. The van der Waals surface area contributed by atoms with Gasteiger partial charge in [-0.1, -0.05) is 17.7 Å². The lowest BCUT2D eigenvalue weighted by atomic mass is 10.1. The summed E-state index contributed by atoms with van der Waals surface area (Å²) in [5.41, 5.74) is 6.13. The minimum absolute atomic E-state index is 0.0255. The lowest BCUT2D eigenvalue weighted by Gasteiger charge is -2.31. The Labute approximate surface area is 221 Å². The Balaban J connectivity index is 0.000000281. The van der Waals surface area contributed by atoms with E-state index in [0.29, 0.717) is 15.9 Å². The first-order valence-electron chi connectivity index (χ1n) is 11.6. The van der Waals surface area contributed by atoms with Gasteiger partial charge >= 0.3 is 11.8 Å². The number of carbonyl (C=O) groups excluding carboxylic acids is 3. The standard InChI is InChI=1S/C15H19ClN4O2.C9H15N3OS/c1-2-7-20-8-5-12(6-9-20)18-14(21)15(22)19-13-4-3-11(16)10-17-13;1-12-5-3-7(4-6-12)11-9(14-2)8(10)13/h2-4,10,12H,1,5-9H2,(H,18,21)(H,17,19,22);3H,4-6H2,1-2H3,(H2,10,13). The molecule has 1 fully saturated rings. The Morgan fingerprint density at radius 1 is 1.28 bits per heavy atom. The number of amides is 3. The largest absolute Gasteiger partial charge is 0.364 e. The van der Waals surface area contributed by atoms with Crippen LogP contribution in [0.1, 0.15) is 19.3 Å². The first-order valence-corrected chi connectivity index (χ1v) is 13.2. The van der Waals surface area contributed by atoms with Gasteiger partial charge in [-0.05, 0) is 44.4 Å². The Morgan fingerprint density at radius 3 is 2.53 bits per heavy atom. The van der Waals surface area contributed by atoms with Crippen molar-refractivity contribution >= 4 is 51.9 Å². The van der Waals surface area contributed by atoms with Gasteiger partial charge in [0.25, 0.3) is 5.91 Å². The van der Waals surface area contributed by atoms with E-state index in [4.69, 9.17) is 17.3 Å². The number of carbonyl (C=O) groups is 3. The number of nitrogens with two attached hydrogens (primary N) is 1. The van der Waals surface area contributed by atoms with E-state index in [-0.39, 0.29) is 6.04 Å². The second-order valence-electron chi connectivity index (χ2n) is 8.35. The van der Waals surface area contributed by atoms with Gasteiger partial charge in [0, 0.05) is 57.1 Å². The zero-order valence-electron chi connectivity index (χ0n) is 20.7. The van der Waals surface area contributed by atoms with Crippen LogP contribution in [0, 0.1) is 0 Å². The van der Waals surface area contributed by atoms with Crippen molar-refractivity contribution in [2.75, 3.05) is 51.3 Å². The number of rotatable bonds is 5. The fourth-order valence-electron chi connectivity index (χ4n) is 3.51. The Bertz CT molecular complexity index is 976. The van der Waals surface area contributed by atoms with Crippen LogP contribution in [0.5, 0.6) is 0 Å². The molecule has 12 heteroatoms. The maximum Gasteiger partial charge on any atom is 0.314 e. The molecule has 4 N–H and O–H groups in total. The number of primary amides is 1. The van der Waals surface area contributed by atoms with Crippen LogP contribution in [0.2, 0.25) is 5.02 Å². The summed E-state index contributed by atoms with van der Waals surface area (Å²) in [5.74, 6) is -1.51. The predicted octanol–water partition coefficient (Wildman–Crippen LogP) is 1.89. The SMILES string of the molecule is C=CCN1CCC(NC(=O)C(=O)Nc2ccc(Cl)cn2)CC1.CSC(=NC1=CCN(C)CC1)C(N)=O. The summed E-state index contributed by atoms with van der Waals surface area (Å²) in [6, 6.07) is 3.16. The normalized spacial score (nSPS) is 17.3. The molecular formula is C24H34ClN7O3S. The summed E-state index contributed by atoms with van der Waals surface area (Å²) in [6.07, 6.45) is 9.64. The van der Waals surface area contributed by atoms with Gasteiger partial charge in [-0.2, -0.15) is 0 Å². The second kappa shape index (κ2) is 15.4. The highest BCUT2D eigenvalue weighted by molar-refractivity contribution is 8.15. The van der Waals surface area contributed by atoms with E-state index in [1.54, 1.807) is 18.4 Å². The molecule has 1 aromatic rings. The number of piperidine rings is 1. The Morgan fingerprint density at radius 2 is 2.00 bits per heavy atom. The summed E-state index contributed by atoms with van der Waals surface area (Å²) in [5, 5.41) is 6.05. The lowest BCUT2D eigenvalue weighted by molar-refractivity contribution is -0.136. The molecule has 0 radical (unpaired) electrons. The van der Waals surface area contributed by atoms with E-state index in [1.165, 1.54) is 18.0 Å². The van der Waals surface area contributed by atoms with E-state index in [9.17, 15) is 14.4 Å². The third-order valence-corrected chi connectivity index (χ3v) is 6.43. The van der Waals surface area contributed by atoms with Crippen molar-refractivity contribution in [1.82, 2.24) is 20.1 Å². The number of hydrogen-bond acceptors (Lipinski definition) is 8. The van der Waals surface area contributed by atoms with Crippen molar-refractivity contribution in [2.24, 2.45) is 10.7 Å². The minimum Gasteiger partial charge on any atom is -0.364 e. The van der Waals surface area contributed by atoms with Gasteiger partial charge in [0.05, 0.1) is 5.02 Å². The zero-order chi connectivity index (χ0) is 26.5. The summed E-state index contributed by atoms with van der Waals surface area (Å²) in [6.45, 7) is 8.21. The molecule has 10 nitrogen and oxygen atoms in total. The number of pyridine rings is 1. The molecule has 0 saturated carbocycles. The number of hydrogen-bond donors (Lipinski definition) is 3. The van der Waals surface area contributed by atoms with Crippen LogP contribution in [0.25, 0.3) is 0 Å². The quantitative estimate of drug-likeness (QED) is 0.227. The molecule has 3 rings (SSSR count). The van der Waals surface area contributed by atoms with Gasteiger partial charge in [-0.3, -0.25) is 19.3 Å². The molecule has 0 bridgehead atoms. The van der Waals surface area contributed by atoms with Crippen LogP contribution in [0.3, 0.4) is 0 Å². The molecule has 2 aliphatic rings. The van der Waals surface area contributed by atoms with Gasteiger partial charge in [-0.25, -0.2) is 9.98 Å². The van der Waals surface area contributed by atoms with Gasteiger partial charge in [0.2, 0.25) is 0 Å². The average molecular weight is 536 g/mol. The van der Waals surface area contributed by atoms with Gasteiger partial charge in [0.15, 0.2) is 5.04 Å². The smallest absolute Gasteiger partial charge is 0.314 e. The molecule has 196 valence electrons. The molecule has 3 heterocycles. The highest BCUT2D eigenvalue weighted by Gasteiger charge is 2.23. The number of nitrogens with one attached hydrogen (secondary N) is 2. The number of aromatic nitrogens is 1. The molecule has 0 unspecified atom stereocenters. The molecular weight excluding hydrogens is 502 g/mol. The van der Waals surface area contributed by atoms with Crippen LogP contribution in [-0.4, -0.2) is 89.6 Å². The van der Waals surface area contributed by atoms with E-state index in [2.05, 4.69) is 44.0 Å². The topological polar surface area (TPSA) is 133 Å². The molecule has 1 aromatic heterocycles. The molecule has 0 aliphatic carbocycles. The van der Waals surface area contributed by atoms with Crippen LogP contribution in [-0.2, 0) is 14.4 Å². The van der Waals surface area contributed by atoms with Crippen LogP contribution in [0.4, 0.5) is 5.82 Å². The molecule has 0 aromatic carbocycles. The third-order valence-electron chi connectivity index (χ3n) is 5.52. The fourth-order valence-corrected chi connectivity index (χ4v) is 4.03. The van der Waals surface area contributed by atoms with Crippen molar-refractivity contribution in [3.05, 3.63) is 47.8 Å². The van der Waals surface area contributed by atoms with Crippen LogP contribution >= 0.6 is 23.4 Å². The van der Waals surface area contributed by atoms with E-state index >= 15 is 0 Å². The number of likely N-dealkylation sites (tertiary alicyclic amines) is 1. The Hall–Kier alpha value is -2.73. The molecule has 0 atom stereocenters. The van der Waals surface area contributed by atoms with E-state index in [0.717, 1.165) is 57.7 Å². The maximum atomic E-state index is 11.9. The summed E-state index contributed by atoms with van der Waals surface area (Å²) < 4.78 is 0. The number of nitrogens with zero attached hydrogens (tertiary/aromatic N) is 4. The van der Waals surface area contributed by atoms with Crippen LogP contribution in [0.15, 0.2) is 47.7 Å². The lowest BCUT2D eigenvalue weighted by Crippen LogP contribution is -2.47. The molecule has 36 heavy (non-hydrogen) atoms. The van der Waals surface area contributed by atoms with E-state index < -0.39 is 17.7 Å². The van der Waals surface area contributed by atoms with Gasteiger partial charge in [-0.15, -0.1) is 18.3 Å². The molecule has 3 amide bonds. The van der Waals surface area contributed by atoms with Crippen molar-refractivity contribution < 1.29 is 14.4 Å². The van der Waals surface area contributed by atoms with Crippen molar-refractivity contribution in [2.45, 2.75) is 25.3 Å². The first-order chi connectivity index (χ1) is 17.2. The first kappa shape index (κ1) is 29.5. The van der Waals surface area contributed by atoms with Crippen LogP contribution < -0.4 is 16.4 Å². The molecule has 0 spiro atoms. The summed E-state index contributed by atoms with van der Waals surface area (Å²) >= 11 is 7.00. The number of aliphatic imine (C=N–C) groups is 1. The summed E-state index contributed by atoms with van der Waals surface area (Å²) in [7, 11) is 2.06. The monoisotopic (exact) mass is 535 g/mol. The van der Waals surface area contributed by atoms with Crippen molar-refractivity contribution in [3.63, 3.8) is 0 Å². The fraction of sp³-hybridized carbons (Fsp3) is 0.458. The number of likely N-dealkylation sites (N-methyl/N-ethyl adjacent to an activating group) is 1. The summed E-state index contributed by atoms with van der Waals surface area (Å²) in [4.78, 5) is 47.2. The number of halogens is 1. The number of thioether (sulfide) groups is 1.